The molecule has 0 radical (unpaired) electrons. The molecule has 1 saturated heterocycles. The third kappa shape index (κ3) is 3.98. The third-order valence-corrected chi connectivity index (χ3v) is 3.56. The lowest BCUT2D eigenvalue weighted by molar-refractivity contribution is -0.122. The van der Waals surface area contributed by atoms with Gasteiger partial charge in [-0.05, 0) is 31.0 Å². The number of hydrogen-bond donors (Lipinski definition) is 2. The molecule has 0 spiro atoms. The average molecular weight is 320 g/mol. The minimum atomic E-state index is 0. The quantitative estimate of drug-likeness (QED) is 0.897. The summed E-state index contributed by atoms with van der Waals surface area (Å²) in [5, 5.41) is 6.13. The molecule has 2 N–H and O–H groups in total. The number of carbonyl (C=O) groups excluding carboxylic acids is 1. The summed E-state index contributed by atoms with van der Waals surface area (Å²) in [5.74, 6) is 0.105. The van der Waals surface area contributed by atoms with Gasteiger partial charge in [0, 0.05) is 11.0 Å². The van der Waals surface area contributed by atoms with Crippen LogP contribution in [-0.2, 0) is 11.3 Å². The second-order valence-corrected chi connectivity index (χ2v) is 4.81. The number of halogens is 2. The predicted molar refractivity (Wildman–Crippen MR) is 74.3 cm³/mol. The van der Waals surface area contributed by atoms with E-state index in [0.29, 0.717) is 6.54 Å². The van der Waals surface area contributed by atoms with Crippen molar-refractivity contribution in [3.8, 4) is 0 Å². The van der Waals surface area contributed by atoms with Crippen molar-refractivity contribution in [1.82, 2.24) is 10.6 Å². The number of rotatable bonds is 3. The van der Waals surface area contributed by atoms with Crippen LogP contribution in [0.3, 0.4) is 0 Å². The van der Waals surface area contributed by atoms with Gasteiger partial charge in [0.25, 0.3) is 0 Å². The average Bonchev–Trinajstić information content (AvgIpc) is 2.81. The first kappa shape index (κ1) is 14.5. The predicted octanol–water partition coefficient (Wildman–Crippen LogP) is 2.24. The van der Waals surface area contributed by atoms with Crippen LogP contribution in [0.25, 0.3) is 0 Å². The first-order chi connectivity index (χ1) is 7.77. The normalized spacial score (nSPS) is 18.5. The molecule has 1 aliphatic heterocycles. The highest BCUT2D eigenvalue weighted by molar-refractivity contribution is 9.10. The van der Waals surface area contributed by atoms with Crippen molar-refractivity contribution >= 4 is 34.2 Å². The first-order valence-corrected chi connectivity index (χ1v) is 6.31. The van der Waals surface area contributed by atoms with Crippen LogP contribution in [0.2, 0.25) is 0 Å². The minimum absolute atomic E-state index is 0. The highest BCUT2D eigenvalue weighted by atomic mass is 79.9. The van der Waals surface area contributed by atoms with Gasteiger partial charge in [-0.15, -0.1) is 12.4 Å². The summed E-state index contributed by atoms with van der Waals surface area (Å²) in [6.07, 6.45) is 2.04. The van der Waals surface area contributed by atoms with Crippen molar-refractivity contribution in [2.75, 3.05) is 6.54 Å². The lowest BCUT2D eigenvalue weighted by atomic mass is 10.2. The van der Waals surface area contributed by atoms with Gasteiger partial charge < -0.3 is 10.6 Å². The lowest BCUT2D eigenvalue weighted by Gasteiger charge is -2.11. The maximum absolute atomic E-state index is 11.7. The van der Waals surface area contributed by atoms with Crippen LogP contribution in [0, 0.1) is 0 Å². The molecule has 1 atom stereocenters. The highest BCUT2D eigenvalue weighted by Crippen LogP contribution is 2.15. The zero-order valence-corrected chi connectivity index (χ0v) is 11.8. The molecule has 0 aliphatic carbocycles. The lowest BCUT2D eigenvalue weighted by Crippen LogP contribution is -2.40. The zero-order valence-electron chi connectivity index (χ0n) is 9.41. The van der Waals surface area contributed by atoms with Crippen LogP contribution >= 0.6 is 28.3 Å². The fraction of sp³-hybridized carbons (Fsp3) is 0.417. The second kappa shape index (κ2) is 6.99. The van der Waals surface area contributed by atoms with E-state index in [-0.39, 0.29) is 24.4 Å². The van der Waals surface area contributed by atoms with E-state index in [0.717, 1.165) is 29.4 Å². The Morgan fingerprint density at radius 2 is 2.24 bits per heavy atom. The fourth-order valence-corrected chi connectivity index (χ4v) is 2.28. The van der Waals surface area contributed by atoms with E-state index in [9.17, 15) is 4.79 Å². The van der Waals surface area contributed by atoms with Crippen LogP contribution in [-0.4, -0.2) is 18.5 Å². The topological polar surface area (TPSA) is 41.1 Å². The molecular weight excluding hydrogens is 304 g/mol. The van der Waals surface area contributed by atoms with Crippen LogP contribution in [0.15, 0.2) is 28.7 Å². The number of hydrogen-bond acceptors (Lipinski definition) is 2. The summed E-state index contributed by atoms with van der Waals surface area (Å²) in [7, 11) is 0. The van der Waals surface area contributed by atoms with Crippen molar-refractivity contribution in [3.05, 3.63) is 34.3 Å². The highest BCUT2D eigenvalue weighted by Gasteiger charge is 2.21. The Kier molecular flexibility index (Phi) is 5.95. The van der Waals surface area contributed by atoms with Crippen LogP contribution in [0.5, 0.6) is 0 Å². The maximum Gasteiger partial charge on any atom is 0.237 e. The largest absolute Gasteiger partial charge is 0.351 e. The van der Waals surface area contributed by atoms with Gasteiger partial charge in [0.15, 0.2) is 0 Å². The van der Waals surface area contributed by atoms with Gasteiger partial charge in [0.1, 0.15) is 0 Å². The van der Waals surface area contributed by atoms with Gasteiger partial charge in [0.2, 0.25) is 5.91 Å². The summed E-state index contributed by atoms with van der Waals surface area (Å²) >= 11 is 3.46. The molecule has 94 valence electrons. The molecule has 2 rings (SSSR count). The first-order valence-electron chi connectivity index (χ1n) is 5.52. The third-order valence-electron chi connectivity index (χ3n) is 2.79. The van der Waals surface area contributed by atoms with E-state index in [1.165, 1.54) is 0 Å². The standard InChI is InChI=1S/C12H15BrN2O.ClH/c13-10-5-2-1-4-9(10)8-15-12(16)11-6-3-7-14-11;/h1-2,4-5,11,14H,3,6-8H2,(H,15,16);1H/t11-;/m0./s1. The fourth-order valence-electron chi connectivity index (χ4n) is 1.86. The zero-order chi connectivity index (χ0) is 11.4. The van der Waals surface area contributed by atoms with Crippen molar-refractivity contribution in [3.63, 3.8) is 0 Å². The molecule has 0 bridgehead atoms. The number of nitrogens with one attached hydrogen (secondary N) is 2. The second-order valence-electron chi connectivity index (χ2n) is 3.96. The van der Waals surface area contributed by atoms with Crippen molar-refractivity contribution in [1.29, 1.82) is 0 Å². The SMILES string of the molecule is Cl.O=C(NCc1ccccc1Br)[C@@H]1CCCN1. The molecule has 1 fully saturated rings. The summed E-state index contributed by atoms with van der Waals surface area (Å²) in [6, 6.07) is 7.93. The van der Waals surface area contributed by atoms with E-state index >= 15 is 0 Å². The molecule has 0 unspecified atom stereocenters. The molecule has 3 nitrogen and oxygen atoms in total. The van der Waals surface area contributed by atoms with E-state index in [4.69, 9.17) is 0 Å². The van der Waals surface area contributed by atoms with Gasteiger partial charge in [-0.25, -0.2) is 0 Å². The van der Waals surface area contributed by atoms with Gasteiger partial charge in [0.05, 0.1) is 6.04 Å². The van der Waals surface area contributed by atoms with Gasteiger partial charge in [-0.3, -0.25) is 4.79 Å². The Labute approximate surface area is 116 Å². The van der Waals surface area contributed by atoms with Crippen LogP contribution < -0.4 is 10.6 Å². The molecule has 0 aromatic heterocycles. The maximum atomic E-state index is 11.7. The Bertz CT molecular complexity index is 381. The molecule has 1 aromatic carbocycles. The Morgan fingerprint density at radius 3 is 2.88 bits per heavy atom. The Balaban J connectivity index is 0.00000144. The Hall–Kier alpha value is -0.580. The summed E-state index contributed by atoms with van der Waals surface area (Å²) in [4.78, 5) is 11.7. The van der Waals surface area contributed by atoms with E-state index in [1.54, 1.807) is 0 Å². The monoisotopic (exact) mass is 318 g/mol. The van der Waals surface area contributed by atoms with E-state index in [2.05, 4.69) is 26.6 Å². The minimum Gasteiger partial charge on any atom is -0.351 e. The van der Waals surface area contributed by atoms with E-state index < -0.39 is 0 Å². The van der Waals surface area contributed by atoms with Crippen LogP contribution in [0.1, 0.15) is 18.4 Å². The molecule has 1 aliphatic rings. The number of amides is 1. The molecule has 1 heterocycles. The van der Waals surface area contributed by atoms with Gasteiger partial charge in [-0.2, -0.15) is 0 Å². The van der Waals surface area contributed by atoms with Crippen molar-refractivity contribution in [2.45, 2.75) is 25.4 Å². The molecule has 17 heavy (non-hydrogen) atoms. The van der Waals surface area contributed by atoms with Crippen molar-refractivity contribution < 1.29 is 4.79 Å². The summed E-state index contributed by atoms with van der Waals surface area (Å²) < 4.78 is 1.04. The van der Waals surface area contributed by atoms with E-state index in [1.807, 2.05) is 24.3 Å². The van der Waals surface area contributed by atoms with Gasteiger partial charge in [-0.1, -0.05) is 34.1 Å². The summed E-state index contributed by atoms with van der Waals surface area (Å²) in [6.45, 7) is 1.53. The number of benzene rings is 1. The molecule has 5 heteroatoms. The smallest absolute Gasteiger partial charge is 0.237 e. The van der Waals surface area contributed by atoms with Gasteiger partial charge >= 0.3 is 0 Å². The summed E-state index contributed by atoms with van der Waals surface area (Å²) in [5.41, 5.74) is 1.11. The molecular formula is C12H16BrClN2O. The molecule has 1 amide bonds. The Morgan fingerprint density at radius 1 is 1.47 bits per heavy atom. The van der Waals surface area contributed by atoms with Crippen molar-refractivity contribution in [2.24, 2.45) is 0 Å². The van der Waals surface area contributed by atoms with Crippen LogP contribution in [0.4, 0.5) is 0 Å². The molecule has 1 aromatic rings. The number of carbonyl (C=O) groups is 1. The molecule has 0 saturated carbocycles.